The average molecular weight is 225 g/mol. The van der Waals surface area contributed by atoms with Crippen molar-refractivity contribution in [2.24, 2.45) is 5.92 Å². The highest BCUT2D eigenvalue weighted by atomic mass is 15.2. The number of para-hydroxylation sites is 2. The van der Waals surface area contributed by atoms with Crippen molar-refractivity contribution in [2.75, 3.05) is 11.4 Å². The van der Waals surface area contributed by atoms with Gasteiger partial charge in [0.25, 0.3) is 0 Å². The molecule has 1 aliphatic carbocycles. The smallest absolute Gasteiger partial charge is 0.148 e. The van der Waals surface area contributed by atoms with Crippen LogP contribution in [-0.2, 0) is 0 Å². The van der Waals surface area contributed by atoms with Crippen molar-refractivity contribution in [3.63, 3.8) is 0 Å². The second-order valence-electron chi connectivity index (χ2n) is 5.20. The molecule has 3 nitrogen and oxygen atoms in total. The van der Waals surface area contributed by atoms with E-state index < -0.39 is 0 Å². The molecular weight excluding hydrogens is 210 g/mol. The molecule has 2 aromatic rings. The number of hydrogen-bond donors (Lipinski definition) is 0. The van der Waals surface area contributed by atoms with Crippen LogP contribution in [0.4, 0.5) is 5.82 Å². The normalized spacial score (nSPS) is 26.9. The Labute approximate surface area is 100 Å². The molecule has 2 fully saturated rings. The molecule has 2 unspecified atom stereocenters. The molecule has 0 amide bonds. The quantitative estimate of drug-likeness (QED) is 0.747. The number of aromatic nitrogens is 2. The van der Waals surface area contributed by atoms with Crippen molar-refractivity contribution in [1.29, 1.82) is 0 Å². The monoisotopic (exact) mass is 225 g/mol. The third kappa shape index (κ3) is 1.42. The first kappa shape index (κ1) is 9.40. The van der Waals surface area contributed by atoms with E-state index in [1.165, 1.54) is 25.8 Å². The largest absolute Gasteiger partial charge is 0.352 e. The minimum Gasteiger partial charge on any atom is -0.352 e. The Kier molecular flexibility index (Phi) is 1.89. The second kappa shape index (κ2) is 3.42. The molecule has 4 rings (SSSR count). The summed E-state index contributed by atoms with van der Waals surface area (Å²) >= 11 is 0. The predicted molar refractivity (Wildman–Crippen MR) is 68.0 cm³/mol. The summed E-state index contributed by atoms with van der Waals surface area (Å²) < 4.78 is 0. The number of rotatable bonds is 1. The van der Waals surface area contributed by atoms with Crippen molar-refractivity contribution in [3.8, 4) is 0 Å². The molecular formula is C14H15N3. The van der Waals surface area contributed by atoms with Crippen LogP contribution in [0.15, 0.2) is 30.5 Å². The predicted octanol–water partition coefficient (Wildman–Crippen LogP) is 2.62. The highest BCUT2D eigenvalue weighted by Gasteiger charge is 2.38. The zero-order valence-electron chi connectivity index (χ0n) is 9.71. The van der Waals surface area contributed by atoms with Gasteiger partial charge in [-0.3, -0.25) is 4.98 Å². The summed E-state index contributed by atoms with van der Waals surface area (Å²) in [6, 6.07) is 8.81. The fraction of sp³-hybridized carbons (Fsp3) is 0.429. The van der Waals surface area contributed by atoms with Gasteiger partial charge in [-0.1, -0.05) is 12.1 Å². The lowest BCUT2D eigenvalue weighted by atomic mass is 10.1. The van der Waals surface area contributed by atoms with Crippen LogP contribution in [0.3, 0.4) is 0 Å². The summed E-state index contributed by atoms with van der Waals surface area (Å²) in [6.45, 7) is 1.18. The summed E-state index contributed by atoms with van der Waals surface area (Å²) in [5.74, 6) is 1.96. The van der Waals surface area contributed by atoms with Gasteiger partial charge in [0.15, 0.2) is 0 Å². The lowest BCUT2D eigenvalue weighted by Gasteiger charge is -2.27. The van der Waals surface area contributed by atoms with E-state index in [4.69, 9.17) is 4.98 Å². The van der Waals surface area contributed by atoms with Gasteiger partial charge in [-0.2, -0.15) is 0 Å². The molecule has 0 radical (unpaired) electrons. The fourth-order valence-electron chi connectivity index (χ4n) is 3.29. The zero-order valence-corrected chi connectivity index (χ0v) is 9.71. The van der Waals surface area contributed by atoms with Crippen LogP contribution in [-0.4, -0.2) is 22.6 Å². The highest BCUT2D eigenvalue weighted by Crippen LogP contribution is 2.39. The Balaban J connectivity index is 1.76. The van der Waals surface area contributed by atoms with E-state index in [0.29, 0.717) is 0 Å². The van der Waals surface area contributed by atoms with Gasteiger partial charge in [-0.15, -0.1) is 0 Å². The summed E-state index contributed by atoms with van der Waals surface area (Å²) in [5.41, 5.74) is 1.99. The Hall–Kier alpha value is -1.64. The van der Waals surface area contributed by atoms with Gasteiger partial charge in [-0.25, -0.2) is 4.98 Å². The van der Waals surface area contributed by atoms with E-state index in [0.717, 1.165) is 28.8 Å². The standard InChI is InChI=1S/C14H15N3/c1-2-4-13-12(3-1)15-8-14(16-13)17-9-10-5-6-11(17)7-10/h1-4,8,10-11H,5-7,9H2. The van der Waals surface area contributed by atoms with Crippen LogP contribution in [0.5, 0.6) is 0 Å². The van der Waals surface area contributed by atoms with Gasteiger partial charge < -0.3 is 4.90 Å². The first-order valence-electron chi connectivity index (χ1n) is 6.38. The Bertz CT molecular complexity index is 566. The van der Waals surface area contributed by atoms with Crippen molar-refractivity contribution in [1.82, 2.24) is 9.97 Å². The maximum absolute atomic E-state index is 4.74. The minimum absolute atomic E-state index is 0.718. The van der Waals surface area contributed by atoms with Gasteiger partial charge >= 0.3 is 0 Å². The topological polar surface area (TPSA) is 29.0 Å². The van der Waals surface area contributed by atoms with E-state index in [9.17, 15) is 0 Å². The van der Waals surface area contributed by atoms with Gasteiger partial charge in [-0.05, 0) is 37.3 Å². The molecule has 86 valence electrons. The van der Waals surface area contributed by atoms with Crippen molar-refractivity contribution >= 4 is 16.9 Å². The van der Waals surface area contributed by atoms with Gasteiger partial charge in [0.05, 0.1) is 17.2 Å². The molecule has 2 atom stereocenters. The fourth-order valence-corrected chi connectivity index (χ4v) is 3.29. The van der Waals surface area contributed by atoms with Crippen molar-refractivity contribution in [2.45, 2.75) is 25.3 Å². The molecule has 1 saturated heterocycles. The zero-order chi connectivity index (χ0) is 11.2. The molecule has 0 spiro atoms. The first-order chi connectivity index (χ1) is 8.40. The van der Waals surface area contributed by atoms with Crippen LogP contribution < -0.4 is 4.90 Å². The number of hydrogen-bond acceptors (Lipinski definition) is 3. The number of benzene rings is 1. The highest BCUT2D eigenvalue weighted by molar-refractivity contribution is 5.75. The lowest BCUT2D eigenvalue weighted by molar-refractivity contribution is 0.550. The van der Waals surface area contributed by atoms with E-state index >= 15 is 0 Å². The van der Waals surface area contributed by atoms with E-state index in [1.807, 2.05) is 30.5 Å². The van der Waals surface area contributed by atoms with Crippen molar-refractivity contribution < 1.29 is 0 Å². The van der Waals surface area contributed by atoms with Crippen LogP contribution in [0.2, 0.25) is 0 Å². The SMILES string of the molecule is c1ccc2nc(N3CC4CCC3C4)cnc2c1. The lowest BCUT2D eigenvalue weighted by Crippen LogP contribution is -2.32. The van der Waals surface area contributed by atoms with Crippen molar-refractivity contribution in [3.05, 3.63) is 30.5 Å². The summed E-state index contributed by atoms with van der Waals surface area (Å²) in [5, 5.41) is 0. The molecule has 1 saturated carbocycles. The van der Waals surface area contributed by atoms with Crippen LogP contribution in [0.1, 0.15) is 19.3 Å². The van der Waals surface area contributed by atoms with Gasteiger partial charge in [0, 0.05) is 12.6 Å². The molecule has 2 aliphatic rings. The molecule has 3 heteroatoms. The number of piperidine rings is 1. The van der Waals surface area contributed by atoms with E-state index in [2.05, 4.69) is 9.88 Å². The third-order valence-corrected chi connectivity index (χ3v) is 4.14. The third-order valence-electron chi connectivity index (χ3n) is 4.14. The second-order valence-corrected chi connectivity index (χ2v) is 5.20. The minimum atomic E-state index is 0.718. The summed E-state index contributed by atoms with van der Waals surface area (Å²) in [7, 11) is 0. The van der Waals surface area contributed by atoms with Crippen LogP contribution in [0.25, 0.3) is 11.0 Å². The summed E-state index contributed by atoms with van der Waals surface area (Å²) in [4.78, 5) is 11.7. The molecule has 0 N–H and O–H groups in total. The van der Waals surface area contributed by atoms with E-state index in [1.54, 1.807) is 0 Å². The summed E-state index contributed by atoms with van der Waals surface area (Å²) in [6.07, 6.45) is 6.03. The molecule has 2 heterocycles. The molecule has 17 heavy (non-hydrogen) atoms. The first-order valence-corrected chi connectivity index (χ1v) is 6.38. The Morgan fingerprint density at radius 3 is 2.76 bits per heavy atom. The molecule has 1 aromatic heterocycles. The molecule has 2 bridgehead atoms. The molecule has 1 aromatic carbocycles. The van der Waals surface area contributed by atoms with Crippen LogP contribution >= 0.6 is 0 Å². The molecule has 1 aliphatic heterocycles. The van der Waals surface area contributed by atoms with Gasteiger partial charge in [0.1, 0.15) is 5.82 Å². The Morgan fingerprint density at radius 1 is 1.12 bits per heavy atom. The number of nitrogens with zero attached hydrogens (tertiary/aromatic N) is 3. The number of anilines is 1. The maximum Gasteiger partial charge on any atom is 0.148 e. The maximum atomic E-state index is 4.74. The van der Waals surface area contributed by atoms with Crippen LogP contribution in [0, 0.1) is 5.92 Å². The Morgan fingerprint density at radius 2 is 2.00 bits per heavy atom. The number of fused-ring (bicyclic) bond motifs is 3. The van der Waals surface area contributed by atoms with E-state index in [-0.39, 0.29) is 0 Å². The van der Waals surface area contributed by atoms with Gasteiger partial charge in [0.2, 0.25) is 0 Å². The average Bonchev–Trinajstić information content (AvgIpc) is 3.00.